The molecule has 0 aliphatic heterocycles. The van der Waals surface area contributed by atoms with E-state index in [1.807, 2.05) is 6.26 Å². The van der Waals surface area contributed by atoms with Crippen molar-refractivity contribution in [3.8, 4) is 0 Å². The summed E-state index contributed by atoms with van der Waals surface area (Å²) in [6.45, 7) is 6.84. The van der Waals surface area contributed by atoms with Crippen LogP contribution in [0, 0.1) is 0 Å². The molecule has 17 heavy (non-hydrogen) atoms. The Morgan fingerprint density at radius 3 is 2.59 bits per heavy atom. The Labute approximate surface area is 108 Å². The Morgan fingerprint density at radius 2 is 2.00 bits per heavy atom. The molecular formula is C9H14N6S2. The maximum atomic E-state index is 4.12. The molecule has 2 aromatic rings. The van der Waals surface area contributed by atoms with E-state index in [1.54, 1.807) is 27.8 Å². The summed E-state index contributed by atoms with van der Waals surface area (Å²) in [4.78, 5) is 0. The summed E-state index contributed by atoms with van der Waals surface area (Å²) in [5.74, 6) is 0.860. The molecule has 0 fully saturated rings. The fourth-order valence-corrected chi connectivity index (χ4v) is 2.66. The smallest absolute Gasteiger partial charge is 0.174 e. The summed E-state index contributed by atoms with van der Waals surface area (Å²) in [6, 6.07) is 0. The Hall–Kier alpha value is -1.02. The lowest BCUT2D eigenvalue weighted by molar-refractivity contribution is 0.489. The summed E-state index contributed by atoms with van der Waals surface area (Å²) >= 11 is 3.17. The Balaban J connectivity index is 2.22. The van der Waals surface area contributed by atoms with Gasteiger partial charge in [0.05, 0.1) is 6.54 Å². The van der Waals surface area contributed by atoms with Crippen molar-refractivity contribution in [1.29, 1.82) is 0 Å². The molecule has 0 atom stereocenters. The molecule has 2 heterocycles. The highest BCUT2D eigenvalue weighted by Crippen LogP contribution is 2.22. The van der Waals surface area contributed by atoms with Gasteiger partial charge in [-0.2, -0.15) is 0 Å². The van der Waals surface area contributed by atoms with Gasteiger partial charge >= 0.3 is 0 Å². The number of thioether (sulfide) groups is 1. The molecule has 0 bridgehead atoms. The SMILES string of the molecule is CSc1nnc(Cn2nnnc2C(C)(C)C)s1. The molecule has 0 spiro atoms. The van der Waals surface area contributed by atoms with Gasteiger partial charge in [-0.25, -0.2) is 4.68 Å². The van der Waals surface area contributed by atoms with E-state index in [2.05, 4.69) is 46.5 Å². The molecule has 0 radical (unpaired) electrons. The van der Waals surface area contributed by atoms with Crippen LogP contribution < -0.4 is 0 Å². The van der Waals surface area contributed by atoms with Gasteiger partial charge in [0.15, 0.2) is 10.2 Å². The third-order valence-corrected chi connectivity index (χ3v) is 3.99. The first-order chi connectivity index (χ1) is 8.00. The number of hydrogen-bond donors (Lipinski definition) is 0. The van der Waals surface area contributed by atoms with Crippen LogP contribution in [0.3, 0.4) is 0 Å². The predicted octanol–water partition coefficient (Wildman–Crippen LogP) is 1.59. The van der Waals surface area contributed by atoms with Crippen LogP contribution in [0.4, 0.5) is 0 Å². The molecular weight excluding hydrogens is 256 g/mol. The first-order valence-corrected chi connectivity index (χ1v) is 7.18. The lowest BCUT2D eigenvalue weighted by Crippen LogP contribution is -2.20. The second kappa shape index (κ2) is 4.69. The van der Waals surface area contributed by atoms with E-state index in [-0.39, 0.29) is 5.41 Å². The van der Waals surface area contributed by atoms with Crippen molar-refractivity contribution in [1.82, 2.24) is 30.4 Å². The Kier molecular flexibility index (Phi) is 3.43. The van der Waals surface area contributed by atoms with Crippen molar-refractivity contribution in [2.45, 2.75) is 37.1 Å². The van der Waals surface area contributed by atoms with Crippen molar-refractivity contribution in [2.24, 2.45) is 0 Å². The van der Waals surface area contributed by atoms with Gasteiger partial charge in [-0.1, -0.05) is 43.9 Å². The third kappa shape index (κ3) is 2.81. The molecule has 8 heteroatoms. The number of nitrogens with zero attached hydrogens (tertiary/aromatic N) is 6. The van der Waals surface area contributed by atoms with E-state index < -0.39 is 0 Å². The predicted molar refractivity (Wildman–Crippen MR) is 67.3 cm³/mol. The minimum atomic E-state index is -0.0729. The van der Waals surface area contributed by atoms with E-state index in [0.29, 0.717) is 6.54 Å². The quantitative estimate of drug-likeness (QED) is 0.789. The van der Waals surface area contributed by atoms with Crippen LogP contribution in [0.5, 0.6) is 0 Å². The fraction of sp³-hybridized carbons (Fsp3) is 0.667. The minimum Gasteiger partial charge on any atom is -0.222 e. The van der Waals surface area contributed by atoms with Crippen LogP contribution in [0.25, 0.3) is 0 Å². The van der Waals surface area contributed by atoms with E-state index in [0.717, 1.165) is 15.2 Å². The maximum Gasteiger partial charge on any atom is 0.174 e. The van der Waals surface area contributed by atoms with Crippen LogP contribution in [0.1, 0.15) is 31.6 Å². The molecule has 0 saturated carbocycles. The van der Waals surface area contributed by atoms with Gasteiger partial charge in [0.25, 0.3) is 0 Å². The lowest BCUT2D eigenvalue weighted by atomic mass is 9.96. The molecule has 0 aliphatic rings. The van der Waals surface area contributed by atoms with Crippen LogP contribution in [0.15, 0.2) is 4.34 Å². The molecule has 0 N–H and O–H groups in total. The number of rotatable bonds is 3. The molecule has 2 aromatic heterocycles. The molecule has 6 nitrogen and oxygen atoms in total. The molecule has 0 aromatic carbocycles. The summed E-state index contributed by atoms with van der Waals surface area (Å²) in [5, 5.41) is 20.9. The Bertz CT molecular complexity index is 498. The second-order valence-electron chi connectivity index (χ2n) is 4.58. The number of tetrazole rings is 1. The van der Waals surface area contributed by atoms with Gasteiger partial charge in [0, 0.05) is 5.41 Å². The molecule has 0 aliphatic carbocycles. The van der Waals surface area contributed by atoms with Crippen molar-refractivity contribution in [3.63, 3.8) is 0 Å². The standard InChI is InChI=1S/C9H14N6S2/c1-9(2,3)7-11-13-14-15(7)5-6-10-12-8(16-4)17-6/h5H2,1-4H3. The van der Waals surface area contributed by atoms with E-state index in [1.165, 1.54) is 0 Å². The summed E-state index contributed by atoms with van der Waals surface area (Å²) in [7, 11) is 0. The third-order valence-electron chi connectivity index (χ3n) is 2.11. The average molecular weight is 270 g/mol. The molecule has 0 amide bonds. The van der Waals surface area contributed by atoms with Gasteiger partial charge < -0.3 is 0 Å². The molecule has 0 saturated heterocycles. The van der Waals surface area contributed by atoms with E-state index in [4.69, 9.17) is 0 Å². The lowest BCUT2D eigenvalue weighted by Gasteiger charge is -2.16. The molecule has 92 valence electrons. The first kappa shape index (κ1) is 12.4. The van der Waals surface area contributed by atoms with Gasteiger partial charge in [-0.05, 0) is 16.7 Å². The number of aromatic nitrogens is 6. The summed E-state index contributed by atoms with van der Waals surface area (Å²) in [5.41, 5.74) is -0.0729. The van der Waals surface area contributed by atoms with Crippen molar-refractivity contribution in [3.05, 3.63) is 10.8 Å². The molecule has 2 rings (SSSR count). The van der Waals surface area contributed by atoms with Crippen molar-refractivity contribution < 1.29 is 0 Å². The van der Waals surface area contributed by atoms with Crippen molar-refractivity contribution >= 4 is 23.1 Å². The zero-order valence-corrected chi connectivity index (χ0v) is 11.8. The monoisotopic (exact) mass is 270 g/mol. The first-order valence-electron chi connectivity index (χ1n) is 5.13. The highest BCUT2D eigenvalue weighted by molar-refractivity contribution is 8.00. The van der Waals surface area contributed by atoms with Gasteiger partial charge in [0.1, 0.15) is 5.01 Å². The van der Waals surface area contributed by atoms with Crippen LogP contribution in [-0.2, 0) is 12.0 Å². The van der Waals surface area contributed by atoms with Crippen LogP contribution in [0.2, 0.25) is 0 Å². The van der Waals surface area contributed by atoms with Gasteiger partial charge in [0.2, 0.25) is 0 Å². The molecule has 0 unspecified atom stereocenters. The van der Waals surface area contributed by atoms with E-state index in [9.17, 15) is 0 Å². The average Bonchev–Trinajstić information content (AvgIpc) is 2.85. The topological polar surface area (TPSA) is 69.4 Å². The van der Waals surface area contributed by atoms with Gasteiger partial charge in [-0.3, -0.25) is 0 Å². The second-order valence-corrected chi connectivity index (χ2v) is 6.69. The largest absolute Gasteiger partial charge is 0.222 e. The Morgan fingerprint density at radius 1 is 1.24 bits per heavy atom. The maximum absolute atomic E-state index is 4.12. The highest BCUT2D eigenvalue weighted by Gasteiger charge is 2.22. The van der Waals surface area contributed by atoms with Crippen LogP contribution >= 0.6 is 23.1 Å². The van der Waals surface area contributed by atoms with E-state index >= 15 is 0 Å². The minimum absolute atomic E-state index is 0.0729. The normalized spacial score (nSPS) is 12.0. The van der Waals surface area contributed by atoms with Crippen molar-refractivity contribution in [2.75, 3.05) is 6.26 Å². The number of hydrogen-bond acceptors (Lipinski definition) is 7. The summed E-state index contributed by atoms with van der Waals surface area (Å²) < 4.78 is 2.75. The highest BCUT2D eigenvalue weighted by atomic mass is 32.2. The zero-order valence-electron chi connectivity index (χ0n) is 10.2. The van der Waals surface area contributed by atoms with Gasteiger partial charge in [-0.15, -0.1) is 15.3 Å². The van der Waals surface area contributed by atoms with Crippen LogP contribution in [-0.4, -0.2) is 36.7 Å². The summed E-state index contributed by atoms with van der Waals surface area (Å²) in [6.07, 6.45) is 1.99. The zero-order chi connectivity index (χ0) is 12.5. The fourth-order valence-electron chi connectivity index (χ4n) is 1.36.